The van der Waals surface area contributed by atoms with Crippen molar-refractivity contribution < 1.29 is 4.18 Å². The molecule has 1 rings (SSSR count). The van der Waals surface area contributed by atoms with E-state index in [-0.39, 0.29) is 0 Å². The molecule has 1 atom stereocenters. The maximum Gasteiger partial charge on any atom is 0.0624 e. The quantitative estimate of drug-likeness (QED) is 0.357. The number of hydrogen-bond donors (Lipinski definition) is 0. The Labute approximate surface area is 61.5 Å². The average Bonchev–Trinajstić information content (AvgIpc) is 1.69. The van der Waals surface area contributed by atoms with Crippen LogP contribution in [0, 0.1) is 0 Å². The zero-order valence-corrected chi connectivity index (χ0v) is 6.87. The number of alkyl halides is 1. The van der Waals surface area contributed by atoms with E-state index in [4.69, 9.17) is 4.18 Å². The minimum atomic E-state index is 0.844. The molecule has 1 aliphatic heterocycles. The molecule has 1 nitrogen and oxygen atoms in total. The van der Waals surface area contributed by atoms with Crippen LogP contribution < -0.4 is 0 Å². The Morgan fingerprint density at radius 3 is 2.86 bits per heavy atom. The molecule has 1 saturated heterocycles. The third kappa shape index (κ3) is 2.19. The van der Waals surface area contributed by atoms with Crippen LogP contribution in [-0.2, 0) is 4.18 Å². The van der Waals surface area contributed by atoms with Gasteiger partial charge < -0.3 is 4.18 Å². The highest BCUT2D eigenvalue weighted by atomic mass is 127. The second-order valence-electron chi connectivity index (χ2n) is 1.49. The van der Waals surface area contributed by atoms with Crippen LogP contribution in [0.15, 0.2) is 0 Å². The molecule has 0 bridgehead atoms. The average molecular weight is 230 g/mol. The van der Waals surface area contributed by atoms with Crippen molar-refractivity contribution in [3.63, 3.8) is 0 Å². The lowest BCUT2D eigenvalue weighted by Gasteiger charge is -2.13. The van der Waals surface area contributed by atoms with Crippen molar-refractivity contribution >= 4 is 34.6 Å². The van der Waals surface area contributed by atoms with Gasteiger partial charge in [0, 0.05) is 9.68 Å². The number of halogens is 1. The summed E-state index contributed by atoms with van der Waals surface area (Å²) >= 11 is 4.05. The smallest absolute Gasteiger partial charge is 0.0624 e. The molecule has 0 aromatic carbocycles. The Balaban J connectivity index is 2.12. The van der Waals surface area contributed by atoms with Gasteiger partial charge >= 0.3 is 0 Å². The molecular formula is C4H7IOS. The highest BCUT2D eigenvalue weighted by molar-refractivity contribution is 14.1. The van der Waals surface area contributed by atoms with Crippen LogP contribution >= 0.6 is 34.6 Å². The third-order valence-corrected chi connectivity index (χ3v) is 3.38. The molecule has 0 radical (unpaired) electrons. The Morgan fingerprint density at radius 1 is 1.71 bits per heavy atom. The zero-order valence-electron chi connectivity index (χ0n) is 3.89. The van der Waals surface area contributed by atoms with Crippen LogP contribution in [0.3, 0.4) is 0 Å². The van der Waals surface area contributed by atoms with Gasteiger partial charge in [0.1, 0.15) is 0 Å². The molecule has 3 heteroatoms. The van der Waals surface area contributed by atoms with Crippen molar-refractivity contribution in [3.8, 4) is 0 Å². The summed E-state index contributed by atoms with van der Waals surface area (Å²) in [5, 5.41) is 0. The maximum absolute atomic E-state index is 5.05. The summed E-state index contributed by atoms with van der Waals surface area (Å²) in [6.45, 7) is 0.943. The summed E-state index contributed by atoms with van der Waals surface area (Å²) in [4.78, 5) is 0. The normalized spacial score (nSPS) is 33.0. The van der Waals surface area contributed by atoms with Gasteiger partial charge in [-0.3, -0.25) is 0 Å². The van der Waals surface area contributed by atoms with Crippen molar-refractivity contribution in [1.29, 1.82) is 0 Å². The fourth-order valence-corrected chi connectivity index (χ4v) is 1.76. The van der Waals surface area contributed by atoms with Crippen molar-refractivity contribution in [2.45, 2.75) is 10.3 Å². The third-order valence-electron chi connectivity index (χ3n) is 0.847. The summed E-state index contributed by atoms with van der Waals surface area (Å²) in [5.41, 5.74) is 0. The highest BCUT2D eigenvalue weighted by Crippen LogP contribution is 2.20. The standard InChI is InChI=1S/C4H7IOS/c5-4-1-2-6-7-3-4/h4H,1-3H2. The summed E-state index contributed by atoms with van der Waals surface area (Å²) in [6.07, 6.45) is 1.23. The molecule has 0 aromatic heterocycles. The van der Waals surface area contributed by atoms with Crippen LogP contribution in [-0.4, -0.2) is 16.3 Å². The summed E-state index contributed by atoms with van der Waals surface area (Å²) < 4.78 is 5.90. The first-order valence-electron chi connectivity index (χ1n) is 2.28. The first kappa shape index (κ1) is 6.16. The Kier molecular flexibility index (Phi) is 2.77. The molecule has 0 N–H and O–H groups in total. The molecule has 0 aromatic rings. The predicted octanol–water partition coefficient (Wildman–Crippen LogP) is 1.86. The largest absolute Gasteiger partial charge is 0.315 e. The SMILES string of the molecule is IC1CCOSC1. The lowest BCUT2D eigenvalue weighted by atomic mass is 10.4. The van der Waals surface area contributed by atoms with E-state index >= 15 is 0 Å². The summed E-state index contributed by atoms with van der Waals surface area (Å²) in [7, 11) is 0. The topological polar surface area (TPSA) is 9.23 Å². The fraction of sp³-hybridized carbons (Fsp3) is 1.00. The molecule has 0 spiro atoms. The van der Waals surface area contributed by atoms with Gasteiger partial charge in [0.25, 0.3) is 0 Å². The van der Waals surface area contributed by atoms with E-state index < -0.39 is 0 Å². The van der Waals surface area contributed by atoms with E-state index in [0.29, 0.717) is 0 Å². The summed E-state index contributed by atoms with van der Waals surface area (Å²) in [5.74, 6) is 1.17. The van der Waals surface area contributed by atoms with Crippen molar-refractivity contribution in [1.82, 2.24) is 0 Å². The van der Waals surface area contributed by atoms with E-state index in [1.807, 2.05) is 0 Å². The van der Waals surface area contributed by atoms with Crippen molar-refractivity contribution in [2.75, 3.05) is 12.4 Å². The molecule has 7 heavy (non-hydrogen) atoms. The maximum atomic E-state index is 5.05. The van der Waals surface area contributed by atoms with Crippen molar-refractivity contribution in [3.05, 3.63) is 0 Å². The van der Waals surface area contributed by atoms with Gasteiger partial charge in [-0.15, -0.1) is 0 Å². The summed E-state index contributed by atoms with van der Waals surface area (Å²) in [6, 6.07) is 0. The Morgan fingerprint density at radius 2 is 2.57 bits per heavy atom. The van der Waals surface area contributed by atoms with E-state index in [0.717, 1.165) is 10.5 Å². The molecule has 42 valence electrons. The van der Waals surface area contributed by atoms with Gasteiger partial charge in [0.05, 0.1) is 6.61 Å². The fourth-order valence-electron chi connectivity index (χ4n) is 0.440. The monoisotopic (exact) mass is 230 g/mol. The van der Waals surface area contributed by atoms with Gasteiger partial charge in [-0.2, -0.15) is 0 Å². The minimum absolute atomic E-state index is 0.844. The predicted molar refractivity (Wildman–Crippen MR) is 40.8 cm³/mol. The first-order chi connectivity index (χ1) is 3.39. The van der Waals surface area contributed by atoms with Crippen LogP contribution in [0.2, 0.25) is 0 Å². The lowest BCUT2D eigenvalue weighted by molar-refractivity contribution is 0.352. The first-order valence-corrected chi connectivity index (χ1v) is 4.44. The second-order valence-corrected chi connectivity index (χ2v) is 4.06. The van der Waals surface area contributed by atoms with Crippen molar-refractivity contribution in [2.24, 2.45) is 0 Å². The van der Waals surface area contributed by atoms with Gasteiger partial charge in [0.15, 0.2) is 0 Å². The number of rotatable bonds is 0. The van der Waals surface area contributed by atoms with Gasteiger partial charge in [0.2, 0.25) is 0 Å². The van der Waals surface area contributed by atoms with Gasteiger partial charge in [-0.25, -0.2) is 0 Å². The van der Waals surface area contributed by atoms with E-state index in [9.17, 15) is 0 Å². The van der Waals surface area contributed by atoms with Crippen LogP contribution in [0.5, 0.6) is 0 Å². The zero-order chi connectivity index (χ0) is 5.11. The lowest BCUT2D eigenvalue weighted by Crippen LogP contribution is -2.10. The van der Waals surface area contributed by atoms with Crippen LogP contribution in [0.4, 0.5) is 0 Å². The van der Waals surface area contributed by atoms with Crippen LogP contribution in [0.25, 0.3) is 0 Å². The molecule has 0 saturated carbocycles. The van der Waals surface area contributed by atoms with E-state index in [2.05, 4.69) is 22.6 Å². The molecule has 0 amide bonds. The van der Waals surface area contributed by atoms with E-state index in [1.54, 1.807) is 12.0 Å². The number of hydrogen-bond acceptors (Lipinski definition) is 2. The minimum Gasteiger partial charge on any atom is -0.315 e. The highest BCUT2D eigenvalue weighted by Gasteiger charge is 2.09. The Hall–Kier alpha value is 1.04. The van der Waals surface area contributed by atoms with E-state index in [1.165, 1.54) is 12.2 Å². The molecule has 0 aliphatic carbocycles. The van der Waals surface area contributed by atoms with Gasteiger partial charge in [-0.1, -0.05) is 22.6 Å². The molecule has 1 unspecified atom stereocenters. The second kappa shape index (κ2) is 3.14. The van der Waals surface area contributed by atoms with Gasteiger partial charge in [-0.05, 0) is 18.5 Å². The molecule has 1 heterocycles. The molecule has 1 fully saturated rings. The molecule has 1 aliphatic rings. The Bertz CT molecular complexity index is 53.7. The molecular weight excluding hydrogens is 223 g/mol. The van der Waals surface area contributed by atoms with Crippen LogP contribution in [0.1, 0.15) is 6.42 Å².